The molecule has 3 nitrogen and oxygen atoms in total. The van der Waals surface area contributed by atoms with E-state index in [0.717, 1.165) is 50.0 Å². The van der Waals surface area contributed by atoms with E-state index in [1.165, 1.54) is 0 Å². The average Bonchev–Trinajstić information content (AvgIpc) is 3.24. The van der Waals surface area contributed by atoms with Crippen LogP contribution in [0.1, 0.15) is 0 Å². The van der Waals surface area contributed by atoms with Crippen LogP contribution in [-0.2, 0) is 0 Å². The monoisotopic (exact) mass is 398 g/mol. The molecule has 0 N–H and O–H groups in total. The van der Waals surface area contributed by atoms with Gasteiger partial charge in [0.15, 0.2) is 5.82 Å². The molecule has 2 aromatic heterocycles. The number of rotatable bonds is 3. The van der Waals surface area contributed by atoms with Crippen LogP contribution in [0.4, 0.5) is 0 Å². The molecular weight excluding hydrogens is 380 g/mol. The van der Waals surface area contributed by atoms with Crippen molar-refractivity contribution in [2.24, 2.45) is 0 Å². The summed E-state index contributed by atoms with van der Waals surface area (Å²) >= 11 is 0. The zero-order valence-electron chi connectivity index (χ0n) is 16.7. The fourth-order valence-electron chi connectivity index (χ4n) is 4.05. The molecule has 0 atom stereocenters. The fourth-order valence-corrected chi connectivity index (χ4v) is 4.05. The van der Waals surface area contributed by atoms with Crippen LogP contribution < -0.4 is 0 Å². The number of fused-ring (bicyclic) bond motifs is 3. The summed E-state index contributed by atoms with van der Waals surface area (Å²) in [7, 11) is 0. The maximum Gasteiger partial charge on any atom is 0.160 e. The van der Waals surface area contributed by atoms with Gasteiger partial charge in [0.25, 0.3) is 0 Å². The Morgan fingerprint density at radius 3 is 1.97 bits per heavy atom. The van der Waals surface area contributed by atoms with E-state index in [2.05, 4.69) is 30.3 Å². The summed E-state index contributed by atoms with van der Waals surface area (Å²) in [4.78, 5) is 9.88. The number of benzene rings is 4. The summed E-state index contributed by atoms with van der Waals surface area (Å²) in [6, 6.07) is 36.7. The van der Waals surface area contributed by atoms with Crippen LogP contribution in [0.25, 0.3) is 55.8 Å². The number of furan rings is 1. The minimum Gasteiger partial charge on any atom is -0.456 e. The minimum absolute atomic E-state index is 0.710. The molecule has 0 fully saturated rings. The predicted molar refractivity (Wildman–Crippen MR) is 126 cm³/mol. The number of aromatic nitrogens is 2. The third-order valence-electron chi connectivity index (χ3n) is 5.51. The van der Waals surface area contributed by atoms with Gasteiger partial charge in [0.1, 0.15) is 11.2 Å². The third kappa shape index (κ3) is 3.08. The van der Waals surface area contributed by atoms with Crippen LogP contribution in [0.5, 0.6) is 0 Å². The number of hydrogen-bond acceptors (Lipinski definition) is 3. The second kappa shape index (κ2) is 7.22. The second-order valence-corrected chi connectivity index (χ2v) is 7.47. The van der Waals surface area contributed by atoms with Crippen LogP contribution in [0.15, 0.2) is 114 Å². The maximum absolute atomic E-state index is 6.10. The lowest BCUT2D eigenvalue weighted by Crippen LogP contribution is -1.96. The van der Waals surface area contributed by atoms with Crippen LogP contribution >= 0.6 is 0 Å². The highest BCUT2D eigenvalue weighted by Gasteiger charge is 2.16. The van der Waals surface area contributed by atoms with Gasteiger partial charge in [0, 0.05) is 27.5 Å². The number of nitrogens with zero attached hydrogens (tertiary/aromatic N) is 2. The van der Waals surface area contributed by atoms with Crippen LogP contribution in [-0.4, -0.2) is 9.97 Å². The Labute approximate surface area is 179 Å². The predicted octanol–water partition coefficient (Wildman–Crippen LogP) is 7.38. The molecular formula is C28H18N2O. The second-order valence-electron chi connectivity index (χ2n) is 7.47. The third-order valence-corrected chi connectivity index (χ3v) is 5.51. The summed E-state index contributed by atoms with van der Waals surface area (Å²) in [5.41, 5.74) is 6.61. The highest BCUT2D eigenvalue weighted by molar-refractivity contribution is 6.12. The summed E-state index contributed by atoms with van der Waals surface area (Å²) in [6.45, 7) is 0. The van der Waals surface area contributed by atoms with Crippen molar-refractivity contribution in [1.82, 2.24) is 9.97 Å². The van der Waals surface area contributed by atoms with E-state index in [1.807, 2.05) is 78.9 Å². The Morgan fingerprint density at radius 2 is 1.16 bits per heavy atom. The van der Waals surface area contributed by atoms with Gasteiger partial charge in [-0.25, -0.2) is 9.97 Å². The lowest BCUT2D eigenvalue weighted by molar-refractivity contribution is 0.669. The molecule has 146 valence electrons. The molecule has 0 radical (unpaired) electrons. The first-order valence-electron chi connectivity index (χ1n) is 10.3. The summed E-state index contributed by atoms with van der Waals surface area (Å²) < 4.78 is 6.10. The molecule has 6 rings (SSSR count). The van der Waals surface area contributed by atoms with Gasteiger partial charge in [0.2, 0.25) is 0 Å². The summed E-state index contributed by atoms with van der Waals surface area (Å²) in [6.07, 6.45) is 0. The first-order chi connectivity index (χ1) is 15.4. The van der Waals surface area contributed by atoms with Crippen molar-refractivity contribution in [1.29, 1.82) is 0 Å². The van der Waals surface area contributed by atoms with Crippen LogP contribution in [0, 0.1) is 0 Å². The van der Waals surface area contributed by atoms with E-state index >= 15 is 0 Å². The molecule has 31 heavy (non-hydrogen) atoms. The molecule has 6 aromatic rings. The van der Waals surface area contributed by atoms with Gasteiger partial charge in [-0.15, -0.1) is 0 Å². The van der Waals surface area contributed by atoms with E-state index in [0.29, 0.717) is 5.82 Å². The van der Waals surface area contributed by atoms with Crippen molar-refractivity contribution in [3.05, 3.63) is 109 Å². The normalized spacial score (nSPS) is 11.2. The molecule has 0 unspecified atom stereocenters. The molecule has 0 aliphatic rings. The van der Waals surface area contributed by atoms with Crippen molar-refractivity contribution < 1.29 is 4.42 Å². The molecule has 0 spiro atoms. The molecule has 0 aliphatic heterocycles. The minimum atomic E-state index is 0.710. The summed E-state index contributed by atoms with van der Waals surface area (Å²) in [5, 5.41) is 2.17. The molecule has 0 saturated heterocycles. The summed E-state index contributed by atoms with van der Waals surface area (Å²) in [5.74, 6) is 0.710. The van der Waals surface area contributed by atoms with Crippen molar-refractivity contribution in [3.8, 4) is 33.9 Å². The highest BCUT2D eigenvalue weighted by Crippen LogP contribution is 2.37. The van der Waals surface area contributed by atoms with Gasteiger partial charge in [0.05, 0.1) is 11.4 Å². The fraction of sp³-hybridized carbons (Fsp3) is 0. The van der Waals surface area contributed by atoms with E-state index in [4.69, 9.17) is 14.4 Å². The van der Waals surface area contributed by atoms with Crippen LogP contribution in [0.3, 0.4) is 0 Å². The molecule has 2 heterocycles. The van der Waals surface area contributed by atoms with E-state index < -0.39 is 0 Å². The molecule has 3 heteroatoms. The van der Waals surface area contributed by atoms with Gasteiger partial charge in [-0.2, -0.15) is 0 Å². The Balaban J connectivity index is 1.66. The van der Waals surface area contributed by atoms with E-state index in [9.17, 15) is 0 Å². The number of hydrogen-bond donors (Lipinski definition) is 0. The topological polar surface area (TPSA) is 38.9 Å². The zero-order valence-corrected chi connectivity index (χ0v) is 16.7. The van der Waals surface area contributed by atoms with Gasteiger partial charge in [-0.1, -0.05) is 91.0 Å². The van der Waals surface area contributed by atoms with E-state index in [-0.39, 0.29) is 0 Å². The van der Waals surface area contributed by atoms with Crippen molar-refractivity contribution in [2.45, 2.75) is 0 Å². The van der Waals surface area contributed by atoms with Gasteiger partial charge in [-0.05, 0) is 18.2 Å². The van der Waals surface area contributed by atoms with Crippen molar-refractivity contribution >= 4 is 21.9 Å². The van der Waals surface area contributed by atoms with E-state index in [1.54, 1.807) is 0 Å². The first-order valence-corrected chi connectivity index (χ1v) is 10.3. The Bertz CT molecular complexity index is 1460. The quantitative estimate of drug-likeness (QED) is 0.312. The molecule has 0 amide bonds. The Hall–Kier alpha value is -4.24. The highest BCUT2D eigenvalue weighted by atomic mass is 16.3. The smallest absolute Gasteiger partial charge is 0.160 e. The SMILES string of the molecule is c1ccc(-c2cc(-c3cccc4oc5ccccc5c34)nc(-c3ccccc3)n2)cc1. The Morgan fingerprint density at radius 1 is 0.516 bits per heavy atom. The maximum atomic E-state index is 6.10. The van der Waals surface area contributed by atoms with Crippen LogP contribution in [0.2, 0.25) is 0 Å². The van der Waals surface area contributed by atoms with Crippen molar-refractivity contribution in [2.75, 3.05) is 0 Å². The average molecular weight is 398 g/mol. The standard InChI is InChI=1S/C28H18N2O/c1-3-10-19(11-4-1)23-18-24(30-28(29-23)20-12-5-2-6-13-20)21-15-9-17-26-27(21)22-14-7-8-16-25(22)31-26/h1-18H. The lowest BCUT2D eigenvalue weighted by atomic mass is 10.0. The molecule has 4 aromatic carbocycles. The first kappa shape index (κ1) is 17.6. The van der Waals surface area contributed by atoms with Gasteiger partial charge >= 0.3 is 0 Å². The van der Waals surface area contributed by atoms with Gasteiger partial charge in [-0.3, -0.25) is 0 Å². The molecule has 0 aliphatic carbocycles. The van der Waals surface area contributed by atoms with Gasteiger partial charge < -0.3 is 4.42 Å². The lowest BCUT2D eigenvalue weighted by Gasteiger charge is -2.10. The zero-order chi connectivity index (χ0) is 20.6. The number of para-hydroxylation sites is 1. The molecule has 0 saturated carbocycles. The largest absolute Gasteiger partial charge is 0.456 e. The Kier molecular flexibility index (Phi) is 4.10. The van der Waals surface area contributed by atoms with Crippen molar-refractivity contribution in [3.63, 3.8) is 0 Å². The molecule has 0 bridgehead atoms.